The van der Waals surface area contributed by atoms with Crippen LogP contribution in [0.25, 0.3) is 0 Å². The summed E-state index contributed by atoms with van der Waals surface area (Å²) in [4.78, 5) is 35.7. The molecule has 4 rings (SSSR count). The minimum absolute atomic E-state index is 0.0540. The van der Waals surface area contributed by atoms with Crippen LogP contribution in [-0.4, -0.2) is 62.6 Å². The molecule has 0 spiro atoms. The lowest BCUT2D eigenvalue weighted by Crippen LogP contribution is -2.46. The fraction of sp³-hybridized carbons (Fsp3) is 0.375. The van der Waals surface area contributed by atoms with E-state index in [1.165, 1.54) is 11.1 Å². The highest BCUT2D eigenvalue weighted by Gasteiger charge is 2.31. The number of fused-ring (bicyclic) bond motifs is 1. The summed E-state index contributed by atoms with van der Waals surface area (Å²) in [6, 6.07) is 14.0. The molecule has 0 radical (unpaired) electrons. The van der Waals surface area contributed by atoms with Gasteiger partial charge in [-0.1, -0.05) is 40.2 Å². The number of aliphatic carboxylic acids is 2. The van der Waals surface area contributed by atoms with Crippen molar-refractivity contribution in [3.63, 3.8) is 0 Å². The average Bonchev–Trinajstić information content (AvgIpc) is 2.81. The molecule has 1 unspecified atom stereocenters. The summed E-state index contributed by atoms with van der Waals surface area (Å²) >= 11 is 3.47. The first kappa shape index (κ1) is 24.7. The molecule has 1 amide bonds. The number of rotatable bonds is 3. The molecule has 0 bridgehead atoms. The van der Waals surface area contributed by atoms with E-state index in [2.05, 4.69) is 45.1 Å². The van der Waals surface area contributed by atoms with Crippen LogP contribution in [0.5, 0.6) is 5.75 Å². The van der Waals surface area contributed by atoms with Crippen LogP contribution < -0.4 is 0 Å². The van der Waals surface area contributed by atoms with Crippen LogP contribution in [0.3, 0.4) is 0 Å². The Balaban J connectivity index is 0.000000454. The molecule has 1 atom stereocenters. The fourth-order valence-electron chi connectivity index (χ4n) is 4.26. The van der Waals surface area contributed by atoms with Crippen molar-refractivity contribution in [2.24, 2.45) is 5.92 Å². The van der Waals surface area contributed by atoms with E-state index in [4.69, 9.17) is 19.8 Å². The summed E-state index contributed by atoms with van der Waals surface area (Å²) in [6.07, 6.45) is 2.93. The zero-order valence-electron chi connectivity index (χ0n) is 18.1. The number of phenolic OH excluding ortho intramolecular Hbond substituents is 1. The number of amides is 1. The standard InChI is InChI=1S/C22H25BrN2O2.C2H2O4/c23-20-7-8-21(26)19(12-20)14-24-10-3-6-18(13-24)22(27)25-11-9-16-4-1-2-5-17(16)15-25;3-1(4)2(5)6/h1-2,4-5,7-8,12,18,26H,3,6,9-11,13-15H2;(H,3,4)(H,5,6). The van der Waals surface area contributed by atoms with Crippen LogP contribution in [0, 0.1) is 5.92 Å². The van der Waals surface area contributed by atoms with Crippen LogP contribution in [0.15, 0.2) is 46.9 Å². The van der Waals surface area contributed by atoms with E-state index in [9.17, 15) is 9.90 Å². The van der Waals surface area contributed by atoms with E-state index in [0.717, 1.165) is 55.5 Å². The number of carboxylic acid groups (broad SMARTS) is 2. The van der Waals surface area contributed by atoms with E-state index in [1.807, 2.05) is 17.0 Å². The van der Waals surface area contributed by atoms with E-state index in [1.54, 1.807) is 6.07 Å². The third-order valence-electron chi connectivity index (χ3n) is 5.92. The van der Waals surface area contributed by atoms with Gasteiger partial charge in [-0.15, -0.1) is 0 Å². The molecule has 8 nitrogen and oxygen atoms in total. The van der Waals surface area contributed by atoms with Crippen molar-refractivity contribution in [3.8, 4) is 5.75 Å². The van der Waals surface area contributed by atoms with Crippen molar-refractivity contribution < 1.29 is 29.7 Å². The Bertz CT molecular complexity index is 1020. The Kier molecular flexibility index (Phi) is 8.46. The SMILES string of the molecule is O=C(C1CCCN(Cc2cc(Br)ccc2O)C1)N1CCc2ccccc2C1.O=C(O)C(=O)O. The Hall–Kier alpha value is -2.91. The predicted molar refractivity (Wildman–Crippen MR) is 125 cm³/mol. The normalized spacial score (nSPS) is 18.0. The molecule has 9 heteroatoms. The monoisotopic (exact) mass is 518 g/mol. The number of phenols is 1. The maximum atomic E-state index is 13.1. The second-order valence-electron chi connectivity index (χ2n) is 8.24. The van der Waals surface area contributed by atoms with Crippen molar-refractivity contribution in [2.75, 3.05) is 19.6 Å². The highest BCUT2D eigenvalue weighted by molar-refractivity contribution is 9.10. The molecular weight excluding hydrogens is 492 g/mol. The van der Waals surface area contributed by atoms with Gasteiger partial charge in [0.25, 0.3) is 0 Å². The summed E-state index contributed by atoms with van der Waals surface area (Å²) in [6.45, 7) is 3.97. The quantitative estimate of drug-likeness (QED) is 0.534. The van der Waals surface area contributed by atoms with E-state index >= 15 is 0 Å². The number of hydrogen-bond donors (Lipinski definition) is 3. The number of piperidine rings is 1. The molecular formula is C24H27BrN2O6. The molecule has 2 aliphatic rings. The first-order valence-corrected chi connectivity index (χ1v) is 11.6. The number of carbonyl (C=O) groups excluding carboxylic acids is 1. The van der Waals surface area contributed by atoms with Gasteiger partial charge in [-0.2, -0.15) is 0 Å². The van der Waals surface area contributed by atoms with Crippen LogP contribution in [0.1, 0.15) is 29.5 Å². The first-order valence-electron chi connectivity index (χ1n) is 10.8. The van der Waals surface area contributed by atoms with Gasteiger partial charge in [-0.05, 0) is 55.1 Å². The minimum Gasteiger partial charge on any atom is -0.508 e. The summed E-state index contributed by atoms with van der Waals surface area (Å²) in [5, 5.41) is 24.9. The van der Waals surface area contributed by atoms with Crippen LogP contribution in [0.4, 0.5) is 0 Å². The maximum absolute atomic E-state index is 13.1. The van der Waals surface area contributed by atoms with Crippen LogP contribution in [-0.2, 0) is 33.9 Å². The number of halogens is 1. The van der Waals surface area contributed by atoms with Crippen molar-refractivity contribution >= 4 is 33.8 Å². The van der Waals surface area contributed by atoms with Crippen LogP contribution >= 0.6 is 15.9 Å². The van der Waals surface area contributed by atoms with Gasteiger partial charge in [0.2, 0.25) is 5.91 Å². The second kappa shape index (κ2) is 11.3. The minimum atomic E-state index is -1.82. The molecule has 0 aromatic heterocycles. The van der Waals surface area contributed by atoms with Crippen molar-refractivity contribution in [3.05, 3.63) is 63.6 Å². The van der Waals surface area contributed by atoms with Crippen LogP contribution in [0.2, 0.25) is 0 Å². The maximum Gasteiger partial charge on any atom is 0.414 e. The van der Waals surface area contributed by atoms with E-state index in [-0.39, 0.29) is 11.8 Å². The molecule has 2 aliphatic heterocycles. The number of benzene rings is 2. The van der Waals surface area contributed by atoms with Gasteiger partial charge in [0.05, 0.1) is 5.92 Å². The molecule has 1 saturated heterocycles. The second-order valence-corrected chi connectivity index (χ2v) is 9.15. The van der Waals surface area contributed by atoms with E-state index in [0.29, 0.717) is 12.3 Å². The Morgan fingerprint density at radius 1 is 1.00 bits per heavy atom. The smallest absolute Gasteiger partial charge is 0.414 e. The lowest BCUT2D eigenvalue weighted by Gasteiger charge is -2.36. The summed E-state index contributed by atoms with van der Waals surface area (Å²) in [7, 11) is 0. The van der Waals surface area contributed by atoms with Gasteiger partial charge in [0, 0.05) is 36.2 Å². The van der Waals surface area contributed by atoms with E-state index < -0.39 is 11.9 Å². The third kappa shape index (κ3) is 6.79. The highest BCUT2D eigenvalue weighted by atomic mass is 79.9. The first-order chi connectivity index (χ1) is 15.7. The number of carbonyl (C=O) groups is 3. The number of aromatic hydroxyl groups is 1. The molecule has 2 heterocycles. The lowest BCUT2D eigenvalue weighted by molar-refractivity contribution is -0.159. The Morgan fingerprint density at radius 2 is 1.70 bits per heavy atom. The van der Waals surface area contributed by atoms with Gasteiger partial charge < -0.3 is 20.2 Å². The molecule has 3 N–H and O–H groups in total. The van der Waals surface area contributed by atoms with Gasteiger partial charge in [-0.3, -0.25) is 9.69 Å². The molecule has 176 valence electrons. The van der Waals surface area contributed by atoms with Gasteiger partial charge in [-0.25, -0.2) is 9.59 Å². The zero-order chi connectivity index (χ0) is 24.0. The Labute approximate surface area is 200 Å². The molecule has 0 aliphatic carbocycles. The third-order valence-corrected chi connectivity index (χ3v) is 6.41. The number of likely N-dealkylation sites (tertiary alicyclic amines) is 1. The highest BCUT2D eigenvalue weighted by Crippen LogP contribution is 2.27. The summed E-state index contributed by atoms with van der Waals surface area (Å²) in [5.41, 5.74) is 3.56. The molecule has 2 aromatic rings. The van der Waals surface area contributed by atoms with Crippen molar-refractivity contribution in [1.29, 1.82) is 0 Å². The average molecular weight is 519 g/mol. The lowest BCUT2D eigenvalue weighted by atomic mass is 9.93. The Morgan fingerprint density at radius 3 is 2.39 bits per heavy atom. The van der Waals surface area contributed by atoms with Crippen molar-refractivity contribution in [2.45, 2.75) is 32.4 Å². The van der Waals surface area contributed by atoms with Gasteiger partial charge in [0.1, 0.15) is 5.75 Å². The number of nitrogens with zero attached hydrogens (tertiary/aromatic N) is 2. The molecule has 0 saturated carbocycles. The predicted octanol–water partition coefficient (Wildman–Crippen LogP) is 3.11. The summed E-state index contributed by atoms with van der Waals surface area (Å²) < 4.78 is 0.965. The number of hydrogen-bond acceptors (Lipinski definition) is 5. The molecule has 2 aromatic carbocycles. The van der Waals surface area contributed by atoms with Gasteiger partial charge in [0.15, 0.2) is 0 Å². The fourth-order valence-corrected chi connectivity index (χ4v) is 4.67. The van der Waals surface area contributed by atoms with Crippen molar-refractivity contribution in [1.82, 2.24) is 9.80 Å². The topological polar surface area (TPSA) is 118 Å². The van der Waals surface area contributed by atoms with Gasteiger partial charge >= 0.3 is 11.9 Å². The number of carboxylic acids is 2. The zero-order valence-corrected chi connectivity index (χ0v) is 19.7. The molecule has 33 heavy (non-hydrogen) atoms. The summed E-state index contributed by atoms with van der Waals surface area (Å²) in [5.74, 6) is -2.99. The largest absolute Gasteiger partial charge is 0.508 e. The molecule has 1 fully saturated rings.